The van der Waals surface area contributed by atoms with E-state index in [0.717, 1.165) is 16.2 Å². The minimum atomic E-state index is -4.16. The number of halogens is 4. The van der Waals surface area contributed by atoms with Gasteiger partial charge in [-0.1, -0.05) is 0 Å². The number of hydrogen-bond acceptors (Lipinski definition) is 9. The van der Waals surface area contributed by atoms with E-state index < -0.39 is 46.8 Å². The van der Waals surface area contributed by atoms with Gasteiger partial charge < -0.3 is 15.4 Å². The van der Waals surface area contributed by atoms with E-state index in [0.29, 0.717) is 24.2 Å². The first kappa shape index (κ1) is 27.9. The summed E-state index contributed by atoms with van der Waals surface area (Å²) in [7, 11) is -2.63. The molecule has 0 spiro atoms. The van der Waals surface area contributed by atoms with Gasteiger partial charge in [0.1, 0.15) is 34.4 Å². The number of anilines is 3. The highest BCUT2D eigenvalue weighted by atomic mass is 32.2. The molecular weight excluding hydrogens is 592 g/mol. The Bertz CT molecular complexity index is 1570. The molecule has 0 radical (unpaired) electrons. The zero-order valence-corrected chi connectivity index (χ0v) is 23.2. The third-order valence-corrected chi connectivity index (χ3v) is 10.4. The van der Waals surface area contributed by atoms with Crippen LogP contribution in [0.2, 0.25) is 0 Å². The summed E-state index contributed by atoms with van der Waals surface area (Å²) in [6, 6.07) is 0.409. The van der Waals surface area contributed by atoms with Crippen LogP contribution >= 0.6 is 11.3 Å². The highest BCUT2D eigenvalue weighted by molar-refractivity contribution is 7.90. The first-order valence-corrected chi connectivity index (χ1v) is 15.2. The summed E-state index contributed by atoms with van der Waals surface area (Å²) in [6.07, 6.45) is 0.658. The number of hydrogen-bond donors (Lipinski definition) is 3. The SMILES string of the molecule is Cn1nc(OC(F)F)cc1Nc1nncn1[C@H]1CCc2sc(NC(=O)[C@H]3C[C@@H]3F)c(S(=O)(=O)N[C@H]3C[C@@H](F)C3)c2C1. The summed E-state index contributed by atoms with van der Waals surface area (Å²) in [6.45, 7) is -3.04. The van der Waals surface area contributed by atoms with Gasteiger partial charge in [-0.25, -0.2) is 26.6 Å². The fourth-order valence-electron chi connectivity index (χ4n) is 5.13. The van der Waals surface area contributed by atoms with Gasteiger partial charge in [0.2, 0.25) is 27.8 Å². The third-order valence-electron chi connectivity index (χ3n) is 7.42. The molecule has 3 N–H and O–H groups in total. The highest BCUT2D eigenvalue weighted by Gasteiger charge is 2.45. The van der Waals surface area contributed by atoms with E-state index in [-0.39, 0.29) is 53.5 Å². The molecule has 41 heavy (non-hydrogen) atoms. The number of rotatable bonds is 10. The first-order chi connectivity index (χ1) is 19.5. The quantitative estimate of drug-likeness (QED) is 0.294. The van der Waals surface area contributed by atoms with Gasteiger partial charge in [0.15, 0.2) is 0 Å². The fraction of sp³-hybridized carbons (Fsp3) is 0.565. The van der Waals surface area contributed by atoms with Crippen molar-refractivity contribution in [2.75, 3.05) is 10.6 Å². The van der Waals surface area contributed by atoms with Crippen molar-refractivity contribution < 1.29 is 35.5 Å². The van der Waals surface area contributed by atoms with Gasteiger partial charge in [0, 0.05) is 30.1 Å². The van der Waals surface area contributed by atoms with Crippen molar-refractivity contribution in [3.8, 4) is 5.88 Å². The maximum Gasteiger partial charge on any atom is 0.388 e. The van der Waals surface area contributed by atoms with Crippen molar-refractivity contribution >= 4 is 44.0 Å². The van der Waals surface area contributed by atoms with Crippen molar-refractivity contribution in [2.45, 2.75) is 74.5 Å². The number of fused-ring (bicyclic) bond motifs is 1. The first-order valence-electron chi connectivity index (χ1n) is 12.9. The minimum absolute atomic E-state index is 0.0648. The van der Waals surface area contributed by atoms with Crippen LogP contribution in [0.15, 0.2) is 17.3 Å². The summed E-state index contributed by atoms with van der Waals surface area (Å²) in [5.41, 5.74) is 0.505. The Balaban J connectivity index is 1.28. The van der Waals surface area contributed by atoms with Crippen LogP contribution in [0.1, 0.15) is 42.2 Å². The lowest BCUT2D eigenvalue weighted by Gasteiger charge is -2.30. The predicted molar refractivity (Wildman–Crippen MR) is 138 cm³/mol. The lowest BCUT2D eigenvalue weighted by atomic mass is 9.92. The van der Waals surface area contributed by atoms with Gasteiger partial charge in [-0.3, -0.25) is 9.36 Å². The average Bonchev–Trinajstić information content (AvgIpc) is 3.16. The molecule has 0 unspecified atom stereocenters. The number of thiophene rings is 1. The lowest BCUT2D eigenvalue weighted by Crippen LogP contribution is -2.45. The molecular formula is C23H26F4N8O4S2. The van der Waals surface area contributed by atoms with E-state index in [1.165, 1.54) is 24.1 Å². The molecule has 0 bridgehead atoms. The third kappa shape index (κ3) is 5.63. The number of nitrogens with one attached hydrogen (secondary N) is 3. The van der Waals surface area contributed by atoms with E-state index in [1.807, 2.05) is 0 Å². The molecule has 3 aromatic rings. The van der Waals surface area contributed by atoms with E-state index in [2.05, 4.69) is 35.4 Å². The van der Waals surface area contributed by atoms with Crippen molar-refractivity contribution in [3.05, 3.63) is 22.8 Å². The molecule has 0 aromatic carbocycles. The Morgan fingerprint density at radius 3 is 2.68 bits per heavy atom. The van der Waals surface area contributed by atoms with Crippen molar-refractivity contribution in [1.29, 1.82) is 0 Å². The second kappa shape index (κ2) is 10.5. The van der Waals surface area contributed by atoms with E-state index >= 15 is 0 Å². The number of aromatic nitrogens is 5. The molecule has 3 aromatic heterocycles. The molecule has 1 amide bonds. The van der Waals surface area contributed by atoms with Crippen molar-refractivity contribution in [2.24, 2.45) is 13.0 Å². The normalized spacial score (nSPS) is 25.5. The molecule has 6 rings (SSSR count). The van der Waals surface area contributed by atoms with Crippen LogP contribution in [0.5, 0.6) is 5.88 Å². The number of ether oxygens (including phenoxy) is 1. The summed E-state index contributed by atoms with van der Waals surface area (Å²) in [4.78, 5) is 13.3. The standard InChI is InChI=1S/C23H26F4N8O4S2/c1-34-17(8-18(32-34)39-22(26)27)29-23-31-28-9-35(23)12-2-3-16-14(6-12)19(41(37,38)33-11-4-10(24)5-11)21(40-16)30-20(36)13-7-15(13)25/h8-13,15,22,33H,2-7H2,1H3,(H,29,31)(H,30,36)/t10-,11+,12-,13-,15-/m0/s1. The second-order valence-corrected chi connectivity index (χ2v) is 13.1. The lowest BCUT2D eigenvalue weighted by molar-refractivity contribution is -0.117. The monoisotopic (exact) mass is 618 g/mol. The molecule has 0 saturated heterocycles. The molecule has 0 aliphatic heterocycles. The smallest absolute Gasteiger partial charge is 0.388 e. The summed E-state index contributed by atoms with van der Waals surface area (Å²) in [5, 5.41) is 17.7. The van der Waals surface area contributed by atoms with Crippen LogP contribution in [-0.2, 0) is 34.7 Å². The maximum atomic E-state index is 13.6. The van der Waals surface area contributed by atoms with E-state index in [4.69, 9.17) is 0 Å². The molecule has 3 atom stereocenters. The van der Waals surface area contributed by atoms with Gasteiger partial charge >= 0.3 is 6.61 Å². The van der Waals surface area contributed by atoms with Gasteiger partial charge in [-0.05, 0) is 44.1 Å². The Labute approximate surface area is 235 Å². The summed E-state index contributed by atoms with van der Waals surface area (Å²) in [5.74, 6) is -1.11. The number of aryl methyl sites for hydroxylation is 2. The van der Waals surface area contributed by atoms with E-state index in [9.17, 15) is 30.8 Å². The Hall–Kier alpha value is -3.25. The Morgan fingerprint density at radius 1 is 1.24 bits per heavy atom. The number of alkyl halides is 4. The number of amides is 1. The van der Waals surface area contributed by atoms with Crippen molar-refractivity contribution in [3.63, 3.8) is 0 Å². The van der Waals surface area contributed by atoms with Crippen LogP contribution < -0.4 is 20.1 Å². The van der Waals surface area contributed by atoms with Crippen LogP contribution in [-0.4, -0.2) is 63.9 Å². The topological polar surface area (TPSA) is 145 Å². The molecule has 2 fully saturated rings. The van der Waals surface area contributed by atoms with Crippen LogP contribution in [0.4, 0.5) is 34.3 Å². The molecule has 3 heterocycles. The second-order valence-electron chi connectivity index (χ2n) is 10.3. The number of carbonyl (C=O) groups is 1. The summed E-state index contributed by atoms with van der Waals surface area (Å²) < 4.78 is 89.2. The molecule has 18 heteroatoms. The maximum absolute atomic E-state index is 13.6. The average molecular weight is 619 g/mol. The Morgan fingerprint density at radius 2 is 2.00 bits per heavy atom. The fourth-order valence-corrected chi connectivity index (χ4v) is 8.36. The van der Waals surface area contributed by atoms with Crippen LogP contribution in [0, 0.1) is 5.92 Å². The van der Waals surface area contributed by atoms with Gasteiger partial charge in [0.25, 0.3) is 0 Å². The molecule has 3 aliphatic carbocycles. The molecule has 3 aliphatic rings. The summed E-state index contributed by atoms with van der Waals surface area (Å²) >= 11 is 1.14. The number of carbonyl (C=O) groups excluding carboxylic acids is 1. The highest BCUT2D eigenvalue weighted by Crippen LogP contribution is 2.45. The van der Waals surface area contributed by atoms with Gasteiger partial charge in [-0.15, -0.1) is 26.6 Å². The number of nitrogens with zero attached hydrogens (tertiary/aromatic N) is 5. The van der Waals surface area contributed by atoms with E-state index in [1.54, 1.807) is 4.57 Å². The number of sulfonamides is 1. The Kier molecular flexibility index (Phi) is 7.17. The zero-order valence-electron chi connectivity index (χ0n) is 21.6. The van der Waals surface area contributed by atoms with Crippen LogP contribution in [0.3, 0.4) is 0 Å². The minimum Gasteiger partial charge on any atom is -0.415 e. The van der Waals surface area contributed by atoms with Crippen LogP contribution in [0.25, 0.3) is 0 Å². The predicted octanol–water partition coefficient (Wildman–Crippen LogP) is 3.22. The zero-order chi connectivity index (χ0) is 29.1. The largest absolute Gasteiger partial charge is 0.415 e. The van der Waals surface area contributed by atoms with Gasteiger partial charge in [-0.2, -0.15) is 8.78 Å². The molecule has 222 valence electrons. The van der Waals surface area contributed by atoms with Crippen molar-refractivity contribution in [1.82, 2.24) is 29.3 Å². The molecule has 2 saturated carbocycles. The molecule has 12 nitrogen and oxygen atoms in total. The van der Waals surface area contributed by atoms with Gasteiger partial charge in [0.05, 0.1) is 5.92 Å².